The summed E-state index contributed by atoms with van der Waals surface area (Å²) in [6, 6.07) is 7.95. The van der Waals surface area contributed by atoms with Crippen LogP contribution in [0.1, 0.15) is 22.5 Å². The maximum atomic E-state index is 12.2. The number of hydrogen-bond acceptors (Lipinski definition) is 4. The first-order chi connectivity index (χ1) is 10.4. The fraction of sp³-hybridized carbons (Fsp3) is 0.353. The van der Waals surface area contributed by atoms with Crippen LogP contribution in [0.2, 0.25) is 0 Å². The van der Waals surface area contributed by atoms with Gasteiger partial charge in [-0.15, -0.1) is 0 Å². The Morgan fingerprint density at radius 3 is 2.32 bits per heavy atom. The van der Waals surface area contributed by atoms with Gasteiger partial charge in [0.25, 0.3) is 0 Å². The number of anilines is 2. The summed E-state index contributed by atoms with van der Waals surface area (Å²) < 4.78 is 0. The Hall–Kier alpha value is -2.43. The summed E-state index contributed by atoms with van der Waals surface area (Å²) in [5.41, 5.74) is 4.39. The molecule has 2 aromatic rings. The van der Waals surface area contributed by atoms with Crippen LogP contribution < -0.4 is 10.2 Å². The molecule has 22 heavy (non-hydrogen) atoms. The van der Waals surface area contributed by atoms with Crippen LogP contribution in [0.5, 0.6) is 0 Å². The van der Waals surface area contributed by atoms with Crippen molar-refractivity contribution in [3.63, 3.8) is 0 Å². The molecule has 0 radical (unpaired) electrons. The average molecular weight is 298 g/mol. The fourth-order valence-electron chi connectivity index (χ4n) is 2.27. The number of hydrogen-bond donors (Lipinski definition) is 1. The average Bonchev–Trinajstić information content (AvgIpc) is 2.42. The van der Waals surface area contributed by atoms with Crippen LogP contribution in [-0.4, -0.2) is 30.0 Å². The van der Waals surface area contributed by atoms with E-state index in [2.05, 4.69) is 15.3 Å². The minimum atomic E-state index is -0.0574. The zero-order chi connectivity index (χ0) is 16.3. The van der Waals surface area contributed by atoms with E-state index < -0.39 is 0 Å². The third-order valence-corrected chi connectivity index (χ3v) is 3.37. The Kier molecular flexibility index (Phi) is 4.75. The Labute approximate surface area is 131 Å². The first kappa shape index (κ1) is 15.9. The first-order valence-electron chi connectivity index (χ1n) is 7.25. The lowest BCUT2D eigenvalue weighted by molar-refractivity contribution is -0.115. The normalized spacial score (nSPS) is 10.4. The molecule has 5 heteroatoms. The number of amides is 1. The highest BCUT2D eigenvalue weighted by atomic mass is 16.1. The number of carbonyl (C=O) groups is 1. The maximum Gasteiger partial charge on any atom is 0.228 e. The zero-order valence-electron chi connectivity index (χ0n) is 13.8. The summed E-state index contributed by atoms with van der Waals surface area (Å²) in [5.74, 6) is 0.588. The van der Waals surface area contributed by atoms with Gasteiger partial charge in [-0.3, -0.25) is 4.79 Å². The lowest BCUT2D eigenvalue weighted by Gasteiger charge is -2.15. The van der Waals surface area contributed by atoms with Gasteiger partial charge in [0, 0.05) is 14.1 Å². The SMILES string of the molecule is Cc1cccc(CC(=O)Nc2c(C)nc(N(C)C)nc2C)c1. The van der Waals surface area contributed by atoms with Gasteiger partial charge in [0.2, 0.25) is 11.9 Å². The molecule has 0 unspecified atom stereocenters. The van der Waals surface area contributed by atoms with Crippen molar-refractivity contribution < 1.29 is 4.79 Å². The van der Waals surface area contributed by atoms with Gasteiger partial charge in [-0.1, -0.05) is 29.8 Å². The monoisotopic (exact) mass is 298 g/mol. The Bertz CT molecular complexity index is 672. The number of nitrogens with one attached hydrogen (secondary N) is 1. The summed E-state index contributed by atoms with van der Waals surface area (Å²) in [7, 11) is 3.79. The minimum absolute atomic E-state index is 0.0574. The second-order valence-corrected chi connectivity index (χ2v) is 5.68. The van der Waals surface area contributed by atoms with Crippen molar-refractivity contribution in [3.05, 3.63) is 46.8 Å². The van der Waals surface area contributed by atoms with E-state index in [9.17, 15) is 4.79 Å². The van der Waals surface area contributed by atoms with Gasteiger partial charge in [0.05, 0.1) is 23.5 Å². The van der Waals surface area contributed by atoms with Gasteiger partial charge in [-0.2, -0.15) is 0 Å². The fourth-order valence-corrected chi connectivity index (χ4v) is 2.27. The van der Waals surface area contributed by atoms with Crippen molar-refractivity contribution in [2.24, 2.45) is 0 Å². The van der Waals surface area contributed by atoms with E-state index in [1.165, 1.54) is 0 Å². The van der Waals surface area contributed by atoms with Crippen molar-refractivity contribution in [1.29, 1.82) is 0 Å². The number of rotatable bonds is 4. The van der Waals surface area contributed by atoms with Crippen molar-refractivity contribution in [2.45, 2.75) is 27.2 Å². The molecule has 1 aromatic heterocycles. The summed E-state index contributed by atoms with van der Waals surface area (Å²) in [4.78, 5) is 22.9. The Balaban J connectivity index is 2.15. The molecule has 0 aliphatic rings. The van der Waals surface area contributed by atoms with E-state index in [0.29, 0.717) is 18.1 Å². The van der Waals surface area contributed by atoms with Gasteiger partial charge in [-0.25, -0.2) is 9.97 Å². The lowest BCUT2D eigenvalue weighted by Crippen LogP contribution is -2.19. The van der Waals surface area contributed by atoms with Crippen LogP contribution >= 0.6 is 0 Å². The van der Waals surface area contributed by atoms with E-state index in [1.807, 2.05) is 64.0 Å². The molecular formula is C17H22N4O. The molecule has 0 atom stereocenters. The van der Waals surface area contributed by atoms with Crippen LogP contribution in [0.3, 0.4) is 0 Å². The Morgan fingerprint density at radius 2 is 1.77 bits per heavy atom. The van der Waals surface area contributed by atoms with E-state index in [0.717, 1.165) is 22.5 Å². The molecule has 116 valence electrons. The van der Waals surface area contributed by atoms with E-state index in [4.69, 9.17) is 0 Å². The van der Waals surface area contributed by atoms with Gasteiger partial charge in [-0.05, 0) is 26.3 Å². The standard InChI is InChI=1S/C17H22N4O/c1-11-7-6-8-14(9-11)10-15(22)20-16-12(2)18-17(21(4)5)19-13(16)3/h6-9H,10H2,1-5H3,(H,20,22). The van der Waals surface area contributed by atoms with Gasteiger partial charge < -0.3 is 10.2 Å². The lowest BCUT2D eigenvalue weighted by atomic mass is 10.1. The van der Waals surface area contributed by atoms with E-state index >= 15 is 0 Å². The van der Waals surface area contributed by atoms with Gasteiger partial charge in [0.1, 0.15) is 0 Å². The van der Waals surface area contributed by atoms with Crippen molar-refractivity contribution in [2.75, 3.05) is 24.3 Å². The first-order valence-corrected chi connectivity index (χ1v) is 7.25. The largest absolute Gasteiger partial charge is 0.347 e. The van der Waals surface area contributed by atoms with Crippen LogP contribution in [0.4, 0.5) is 11.6 Å². The third kappa shape index (κ3) is 3.81. The quantitative estimate of drug-likeness (QED) is 0.942. The highest BCUT2D eigenvalue weighted by Gasteiger charge is 2.13. The van der Waals surface area contributed by atoms with Gasteiger partial charge in [0.15, 0.2) is 0 Å². The molecule has 0 aliphatic heterocycles. The zero-order valence-corrected chi connectivity index (χ0v) is 13.8. The number of aryl methyl sites for hydroxylation is 3. The van der Waals surface area contributed by atoms with Crippen molar-refractivity contribution in [3.8, 4) is 0 Å². The molecule has 0 fully saturated rings. The molecule has 0 spiro atoms. The minimum Gasteiger partial charge on any atom is -0.347 e. The topological polar surface area (TPSA) is 58.1 Å². The summed E-state index contributed by atoms with van der Waals surface area (Å²) in [6.45, 7) is 5.78. The molecule has 5 nitrogen and oxygen atoms in total. The molecule has 0 bridgehead atoms. The summed E-state index contributed by atoms with van der Waals surface area (Å²) in [6.07, 6.45) is 0.343. The van der Waals surface area contributed by atoms with E-state index in [1.54, 1.807) is 0 Å². The summed E-state index contributed by atoms with van der Waals surface area (Å²) >= 11 is 0. The molecule has 2 rings (SSSR count). The smallest absolute Gasteiger partial charge is 0.228 e. The molecular weight excluding hydrogens is 276 g/mol. The maximum absolute atomic E-state index is 12.2. The molecule has 1 amide bonds. The molecule has 0 aliphatic carbocycles. The molecule has 0 saturated heterocycles. The molecule has 1 aromatic carbocycles. The second kappa shape index (κ2) is 6.56. The van der Waals surface area contributed by atoms with Crippen LogP contribution in [0, 0.1) is 20.8 Å². The number of nitrogens with zero attached hydrogens (tertiary/aromatic N) is 3. The molecule has 1 N–H and O–H groups in total. The second-order valence-electron chi connectivity index (χ2n) is 5.68. The van der Waals surface area contributed by atoms with Crippen LogP contribution in [-0.2, 0) is 11.2 Å². The highest BCUT2D eigenvalue weighted by Crippen LogP contribution is 2.20. The van der Waals surface area contributed by atoms with E-state index in [-0.39, 0.29) is 5.91 Å². The predicted molar refractivity (Wildman–Crippen MR) is 89.3 cm³/mol. The highest BCUT2D eigenvalue weighted by molar-refractivity contribution is 5.93. The predicted octanol–water partition coefficient (Wildman–Crippen LogP) is 2.65. The van der Waals surface area contributed by atoms with Gasteiger partial charge >= 0.3 is 0 Å². The Morgan fingerprint density at radius 1 is 1.14 bits per heavy atom. The van der Waals surface area contributed by atoms with Crippen LogP contribution in [0.25, 0.3) is 0 Å². The molecule has 0 saturated carbocycles. The number of carbonyl (C=O) groups excluding carboxylic acids is 1. The summed E-state index contributed by atoms with van der Waals surface area (Å²) in [5, 5.41) is 2.93. The van der Waals surface area contributed by atoms with Crippen molar-refractivity contribution in [1.82, 2.24) is 9.97 Å². The van der Waals surface area contributed by atoms with Crippen LogP contribution in [0.15, 0.2) is 24.3 Å². The molecule has 1 heterocycles. The third-order valence-electron chi connectivity index (χ3n) is 3.37. The number of benzene rings is 1. The van der Waals surface area contributed by atoms with Crippen molar-refractivity contribution >= 4 is 17.5 Å². The number of aromatic nitrogens is 2.